The number of piperidine rings is 1. The molecule has 0 unspecified atom stereocenters. The zero-order chi connectivity index (χ0) is 12.6. The zero-order valence-corrected chi connectivity index (χ0v) is 10.5. The van der Waals surface area contributed by atoms with E-state index in [1.165, 1.54) is 12.5 Å². The first-order valence-corrected chi connectivity index (χ1v) is 6.90. The first-order chi connectivity index (χ1) is 8.69. The highest BCUT2D eigenvalue weighted by Crippen LogP contribution is 2.45. The van der Waals surface area contributed by atoms with Gasteiger partial charge in [-0.3, -0.25) is 0 Å². The van der Waals surface area contributed by atoms with Crippen LogP contribution in [-0.2, 0) is 0 Å². The van der Waals surface area contributed by atoms with Gasteiger partial charge in [0.15, 0.2) is 0 Å². The van der Waals surface area contributed by atoms with Crippen molar-refractivity contribution < 1.29 is 9.50 Å². The first kappa shape index (κ1) is 12.1. The largest absolute Gasteiger partial charge is 0.389 e. The first-order valence-electron chi connectivity index (χ1n) is 6.90. The number of fused-ring (bicyclic) bond motifs is 1. The smallest absolute Gasteiger partial charge is 0.123 e. The molecule has 2 N–H and O–H groups in total. The van der Waals surface area contributed by atoms with Crippen LogP contribution in [0.3, 0.4) is 0 Å². The highest BCUT2D eigenvalue weighted by Gasteiger charge is 2.45. The van der Waals surface area contributed by atoms with Crippen molar-refractivity contribution >= 4 is 0 Å². The predicted molar refractivity (Wildman–Crippen MR) is 68.7 cm³/mol. The second kappa shape index (κ2) is 4.63. The van der Waals surface area contributed by atoms with Crippen molar-refractivity contribution in [2.24, 2.45) is 5.92 Å². The fourth-order valence-electron chi connectivity index (χ4n) is 3.67. The molecule has 98 valence electrons. The van der Waals surface area contributed by atoms with Gasteiger partial charge in [-0.2, -0.15) is 0 Å². The van der Waals surface area contributed by atoms with E-state index in [4.69, 9.17) is 0 Å². The van der Waals surface area contributed by atoms with Gasteiger partial charge < -0.3 is 10.4 Å². The maximum absolute atomic E-state index is 13.4. The van der Waals surface area contributed by atoms with Crippen LogP contribution in [0.25, 0.3) is 0 Å². The van der Waals surface area contributed by atoms with Gasteiger partial charge in [-0.1, -0.05) is 25.0 Å². The fourth-order valence-corrected chi connectivity index (χ4v) is 3.67. The van der Waals surface area contributed by atoms with Crippen molar-refractivity contribution in [1.82, 2.24) is 5.32 Å². The van der Waals surface area contributed by atoms with Crippen LogP contribution in [-0.4, -0.2) is 17.3 Å². The van der Waals surface area contributed by atoms with Crippen LogP contribution in [0.5, 0.6) is 0 Å². The van der Waals surface area contributed by atoms with Crippen LogP contribution in [0.4, 0.5) is 4.39 Å². The predicted octanol–water partition coefficient (Wildman–Crippen LogP) is 2.78. The fraction of sp³-hybridized carbons (Fsp3) is 0.600. The van der Waals surface area contributed by atoms with Crippen LogP contribution >= 0.6 is 0 Å². The second-order valence-corrected chi connectivity index (χ2v) is 5.69. The molecule has 0 radical (unpaired) electrons. The maximum Gasteiger partial charge on any atom is 0.123 e. The van der Waals surface area contributed by atoms with Crippen molar-refractivity contribution in [3.63, 3.8) is 0 Å². The standard InChI is InChI=1S/C15H20FNO/c16-12-5-3-4-11(10-12)14-13-6-1-2-7-15(13,18)8-9-17-14/h3-5,10,13-14,17-18H,1-2,6-9H2/t13-,14+,15+/m1/s1. The lowest BCUT2D eigenvalue weighted by Gasteiger charge is -2.48. The monoisotopic (exact) mass is 249 g/mol. The van der Waals surface area contributed by atoms with Crippen LogP contribution < -0.4 is 5.32 Å². The summed E-state index contributed by atoms with van der Waals surface area (Å²) in [6, 6.07) is 6.88. The SMILES string of the molecule is O[C@]12CCCC[C@@H]1[C@H](c1cccc(F)c1)NCC2. The summed E-state index contributed by atoms with van der Waals surface area (Å²) < 4.78 is 13.4. The Labute approximate surface area is 107 Å². The van der Waals surface area contributed by atoms with Crippen molar-refractivity contribution in [3.05, 3.63) is 35.6 Å². The number of halogens is 1. The Bertz CT molecular complexity index is 432. The Morgan fingerprint density at radius 3 is 3.00 bits per heavy atom. The quantitative estimate of drug-likeness (QED) is 0.802. The number of hydrogen-bond acceptors (Lipinski definition) is 2. The van der Waals surface area contributed by atoms with Crippen LogP contribution in [0.2, 0.25) is 0 Å². The summed E-state index contributed by atoms with van der Waals surface area (Å²) in [5, 5.41) is 14.2. The van der Waals surface area contributed by atoms with Crippen molar-refractivity contribution in [1.29, 1.82) is 0 Å². The van der Waals surface area contributed by atoms with Crippen LogP contribution in [0, 0.1) is 11.7 Å². The van der Waals surface area contributed by atoms with E-state index in [0.29, 0.717) is 0 Å². The van der Waals surface area contributed by atoms with E-state index in [9.17, 15) is 9.50 Å². The molecule has 0 aromatic heterocycles. The van der Waals surface area contributed by atoms with E-state index in [2.05, 4.69) is 5.32 Å². The highest BCUT2D eigenvalue weighted by molar-refractivity contribution is 5.23. The molecule has 3 atom stereocenters. The molecule has 2 aliphatic rings. The number of rotatable bonds is 1. The maximum atomic E-state index is 13.4. The van der Waals surface area contributed by atoms with E-state index < -0.39 is 5.60 Å². The van der Waals surface area contributed by atoms with Gasteiger partial charge in [-0.15, -0.1) is 0 Å². The summed E-state index contributed by atoms with van der Waals surface area (Å²) in [7, 11) is 0. The van der Waals surface area contributed by atoms with Crippen LogP contribution in [0.15, 0.2) is 24.3 Å². The minimum atomic E-state index is -0.541. The number of benzene rings is 1. The second-order valence-electron chi connectivity index (χ2n) is 5.69. The molecular formula is C15H20FNO. The Kier molecular flexibility index (Phi) is 3.12. The van der Waals surface area contributed by atoms with Gasteiger partial charge in [0, 0.05) is 12.0 Å². The lowest BCUT2D eigenvalue weighted by atomic mass is 9.67. The highest BCUT2D eigenvalue weighted by atomic mass is 19.1. The van der Waals surface area contributed by atoms with E-state index >= 15 is 0 Å². The van der Waals surface area contributed by atoms with E-state index in [1.54, 1.807) is 12.1 Å². The molecule has 1 saturated carbocycles. The van der Waals surface area contributed by atoms with Gasteiger partial charge in [-0.05, 0) is 43.5 Å². The minimum absolute atomic E-state index is 0.0970. The summed E-state index contributed by atoms with van der Waals surface area (Å²) in [5.74, 6) is 0.0287. The molecule has 0 bridgehead atoms. The molecule has 0 spiro atoms. The molecule has 0 amide bonds. The molecular weight excluding hydrogens is 229 g/mol. The van der Waals surface area contributed by atoms with Crippen molar-refractivity contribution in [2.45, 2.75) is 43.7 Å². The molecule has 1 aromatic carbocycles. The third-order valence-corrected chi connectivity index (χ3v) is 4.60. The van der Waals surface area contributed by atoms with Gasteiger partial charge >= 0.3 is 0 Å². The third kappa shape index (κ3) is 2.06. The van der Waals surface area contributed by atoms with Gasteiger partial charge in [0.25, 0.3) is 0 Å². The summed E-state index contributed by atoms with van der Waals surface area (Å²) >= 11 is 0. The normalized spacial score (nSPS) is 36.1. The molecule has 1 saturated heterocycles. The lowest BCUT2D eigenvalue weighted by Crippen LogP contribution is -2.53. The average Bonchev–Trinajstić information content (AvgIpc) is 2.37. The molecule has 3 rings (SSSR count). The number of nitrogens with one attached hydrogen (secondary N) is 1. The van der Waals surface area contributed by atoms with E-state index in [0.717, 1.165) is 37.8 Å². The third-order valence-electron chi connectivity index (χ3n) is 4.60. The summed E-state index contributed by atoms with van der Waals surface area (Å²) in [5.41, 5.74) is 0.431. The molecule has 18 heavy (non-hydrogen) atoms. The minimum Gasteiger partial charge on any atom is -0.389 e. The van der Waals surface area contributed by atoms with Crippen LogP contribution in [0.1, 0.15) is 43.7 Å². The average molecular weight is 249 g/mol. The lowest BCUT2D eigenvalue weighted by molar-refractivity contribution is -0.0861. The Morgan fingerprint density at radius 2 is 2.17 bits per heavy atom. The molecule has 1 heterocycles. The topological polar surface area (TPSA) is 32.3 Å². The molecule has 1 aliphatic carbocycles. The zero-order valence-electron chi connectivity index (χ0n) is 10.5. The summed E-state index contributed by atoms with van der Waals surface area (Å²) in [4.78, 5) is 0. The van der Waals surface area contributed by atoms with Gasteiger partial charge in [0.05, 0.1) is 5.60 Å². The van der Waals surface area contributed by atoms with Crippen molar-refractivity contribution in [2.75, 3.05) is 6.54 Å². The molecule has 2 fully saturated rings. The number of aliphatic hydroxyl groups is 1. The molecule has 3 heteroatoms. The Balaban J connectivity index is 1.91. The molecule has 1 aromatic rings. The van der Waals surface area contributed by atoms with Gasteiger partial charge in [0.2, 0.25) is 0 Å². The molecule has 2 nitrogen and oxygen atoms in total. The Hall–Kier alpha value is -0.930. The van der Waals surface area contributed by atoms with E-state index in [1.807, 2.05) is 6.07 Å². The summed E-state index contributed by atoms with van der Waals surface area (Å²) in [6.45, 7) is 0.814. The van der Waals surface area contributed by atoms with Gasteiger partial charge in [0.1, 0.15) is 5.82 Å². The van der Waals surface area contributed by atoms with Crippen molar-refractivity contribution in [3.8, 4) is 0 Å². The van der Waals surface area contributed by atoms with E-state index in [-0.39, 0.29) is 17.8 Å². The number of hydrogen-bond donors (Lipinski definition) is 2. The molecule has 1 aliphatic heterocycles. The Morgan fingerprint density at radius 1 is 1.28 bits per heavy atom. The summed E-state index contributed by atoms with van der Waals surface area (Å²) in [6.07, 6.45) is 5.03. The van der Waals surface area contributed by atoms with Gasteiger partial charge in [-0.25, -0.2) is 4.39 Å².